The van der Waals surface area contributed by atoms with Gasteiger partial charge in [-0.3, -0.25) is 4.90 Å². The third kappa shape index (κ3) is 2.99. The summed E-state index contributed by atoms with van der Waals surface area (Å²) >= 11 is 0. The molecule has 0 atom stereocenters. The molecule has 1 aromatic carbocycles. The standard InChI is InChI=1S/C15H17N3/c1-17(2)11-7-10-15-16-14(12-18(15)3)13-8-5-4-6-9-13/h4-6,8-9,12H,11H2,1-3H3. The van der Waals surface area contributed by atoms with E-state index in [-0.39, 0.29) is 0 Å². The first kappa shape index (κ1) is 12.4. The van der Waals surface area contributed by atoms with Crippen LogP contribution in [0.3, 0.4) is 0 Å². The summed E-state index contributed by atoms with van der Waals surface area (Å²) in [6.45, 7) is 0.744. The van der Waals surface area contributed by atoms with Crippen molar-refractivity contribution in [3.8, 4) is 23.1 Å². The fraction of sp³-hybridized carbons (Fsp3) is 0.267. The lowest BCUT2D eigenvalue weighted by atomic mass is 10.2. The summed E-state index contributed by atoms with van der Waals surface area (Å²) < 4.78 is 1.96. The van der Waals surface area contributed by atoms with Gasteiger partial charge in [0.15, 0.2) is 5.82 Å². The molecule has 3 nitrogen and oxygen atoms in total. The van der Waals surface area contributed by atoms with Gasteiger partial charge in [0.05, 0.1) is 12.2 Å². The van der Waals surface area contributed by atoms with Crippen LogP contribution in [-0.4, -0.2) is 35.1 Å². The van der Waals surface area contributed by atoms with Gasteiger partial charge in [-0.25, -0.2) is 4.98 Å². The number of aryl methyl sites for hydroxylation is 1. The van der Waals surface area contributed by atoms with Gasteiger partial charge in [0.25, 0.3) is 0 Å². The Balaban J connectivity index is 2.24. The third-order valence-electron chi connectivity index (χ3n) is 2.54. The van der Waals surface area contributed by atoms with E-state index in [1.807, 2.05) is 55.0 Å². The van der Waals surface area contributed by atoms with Gasteiger partial charge < -0.3 is 4.57 Å². The van der Waals surface area contributed by atoms with Crippen LogP contribution in [0.25, 0.3) is 11.3 Å². The molecule has 0 saturated carbocycles. The van der Waals surface area contributed by atoms with Crippen LogP contribution in [0.15, 0.2) is 36.5 Å². The Morgan fingerprint density at radius 1 is 1.22 bits per heavy atom. The molecule has 0 unspecified atom stereocenters. The van der Waals surface area contributed by atoms with Crippen molar-refractivity contribution in [2.45, 2.75) is 0 Å². The van der Waals surface area contributed by atoms with Crippen molar-refractivity contribution in [1.82, 2.24) is 14.5 Å². The molecule has 1 heterocycles. The van der Waals surface area contributed by atoms with Crippen LogP contribution in [0.1, 0.15) is 5.82 Å². The van der Waals surface area contributed by atoms with Crippen molar-refractivity contribution in [3.63, 3.8) is 0 Å². The van der Waals surface area contributed by atoms with Gasteiger partial charge in [-0.2, -0.15) is 0 Å². The number of hydrogen-bond acceptors (Lipinski definition) is 2. The quantitative estimate of drug-likeness (QED) is 0.747. The molecule has 0 aliphatic rings. The third-order valence-corrected chi connectivity index (χ3v) is 2.54. The maximum atomic E-state index is 4.55. The van der Waals surface area contributed by atoms with Crippen molar-refractivity contribution in [1.29, 1.82) is 0 Å². The van der Waals surface area contributed by atoms with E-state index in [9.17, 15) is 0 Å². The molecule has 2 aromatic rings. The first-order valence-corrected chi connectivity index (χ1v) is 5.89. The second-order valence-corrected chi connectivity index (χ2v) is 4.47. The topological polar surface area (TPSA) is 21.1 Å². The van der Waals surface area contributed by atoms with Gasteiger partial charge >= 0.3 is 0 Å². The van der Waals surface area contributed by atoms with Gasteiger partial charge in [-0.1, -0.05) is 36.3 Å². The highest BCUT2D eigenvalue weighted by atomic mass is 15.1. The van der Waals surface area contributed by atoms with Crippen molar-refractivity contribution < 1.29 is 0 Å². The minimum Gasteiger partial charge on any atom is -0.327 e. The largest absolute Gasteiger partial charge is 0.327 e. The van der Waals surface area contributed by atoms with Crippen molar-refractivity contribution in [2.24, 2.45) is 7.05 Å². The zero-order chi connectivity index (χ0) is 13.0. The van der Waals surface area contributed by atoms with Crippen LogP contribution >= 0.6 is 0 Å². The summed E-state index contributed by atoms with van der Waals surface area (Å²) in [5, 5.41) is 0. The minimum atomic E-state index is 0.744. The summed E-state index contributed by atoms with van der Waals surface area (Å²) in [5.74, 6) is 7.00. The smallest absolute Gasteiger partial charge is 0.185 e. The number of hydrogen-bond donors (Lipinski definition) is 0. The molecule has 92 valence electrons. The Morgan fingerprint density at radius 3 is 2.61 bits per heavy atom. The van der Waals surface area contributed by atoms with Crippen molar-refractivity contribution in [2.75, 3.05) is 20.6 Å². The molecular weight excluding hydrogens is 222 g/mol. The Bertz CT molecular complexity index is 571. The maximum Gasteiger partial charge on any atom is 0.185 e. The lowest BCUT2D eigenvalue weighted by Crippen LogP contribution is -2.10. The van der Waals surface area contributed by atoms with E-state index in [1.165, 1.54) is 0 Å². The van der Waals surface area contributed by atoms with Gasteiger partial charge in [-0.15, -0.1) is 0 Å². The van der Waals surface area contributed by atoms with E-state index < -0.39 is 0 Å². The lowest BCUT2D eigenvalue weighted by molar-refractivity contribution is 0.464. The fourth-order valence-corrected chi connectivity index (χ4v) is 1.61. The molecule has 0 aliphatic heterocycles. The Morgan fingerprint density at radius 2 is 1.94 bits per heavy atom. The molecular formula is C15H17N3. The molecule has 3 heteroatoms. The minimum absolute atomic E-state index is 0.744. The first-order chi connectivity index (χ1) is 8.66. The molecule has 18 heavy (non-hydrogen) atoms. The van der Waals surface area contributed by atoms with Crippen LogP contribution in [-0.2, 0) is 7.05 Å². The highest BCUT2D eigenvalue weighted by Crippen LogP contribution is 2.17. The zero-order valence-corrected chi connectivity index (χ0v) is 11.0. The molecule has 0 fully saturated rings. The SMILES string of the molecule is CN(C)CC#Cc1nc(-c2ccccc2)cn1C. The summed E-state index contributed by atoms with van der Waals surface area (Å²) in [6, 6.07) is 10.1. The van der Waals surface area contributed by atoms with E-state index in [0.29, 0.717) is 0 Å². The average Bonchev–Trinajstić information content (AvgIpc) is 2.72. The fourth-order valence-electron chi connectivity index (χ4n) is 1.61. The van der Waals surface area contributed by atoms with Crippen LogP contribution in [0.5, 0.6) is 0 Å². The Hall–Kier alpha value is -2.05. The predicted octanol–water partition coefficient (Wildman–Crippen LogP) is 2.00. The van der Waals surface area contributed by atoms with Gasteiger partial charge in [-0.05, 0) is 20.0 Å². The second-order valence-electron chi connectivity index (χ2n) is 4.47. The van der Waals surface area contributed by atoms with Crippen LogP contribution in [0, 0.1) is 11.8 Å². The average molecular weight is 239 g/mol. The van der Waals surface area contributed by atoms with Gasteiger partial charge in [0.2, 0.25) is 0 Å². The summed E-state index contributed by atoms with van der Waals surface area (Å²) in [6.07, 6.45) is 2.01. The molecule has 0 amide bonds. The van der Waals surface area contributed by atoms with E-state index >= 15 is 0 Å². The Labute approximate surface area is 108 Å². The molecule has 0 saturated heterocycles. The molecule has 0 spiro atoms. The highest BCUT2D eigenvalue weighted by Gasteiger charge is 2.04. The number of imidazole rings is 1. The molecule has 0 bridgehead atoms. The summed E-state index contributed by atoms with van der Waals surface area (Å²) in [7, 11) is 5.98. The monoisotopic (exact) mass is 239 g/mol. The summed E-state index contributed by atoms with van der Waals surface area (Å²) in [4.78, 5) is 6.58. The van der Waals surface area contributed by atoms with Crippen LogP contribution in [0.2, 0.25) is 0 Å². The van der Waals surface area contributed by atoms with E-state index in [1.54, 1.807) is 0 Å². The second kappa shape index (κ2) is 5.52. The van der Waals surface area contributed by atoms with Crippen LogP contribution in [0.4, 0.5) is 0 Å². The molecule has 2 rings (SSSR count). The first-order valence-electron chi connectivity index (χ1n) is 5.89. The van der Waals surface area contributed by atoms with Crippen molar-refractivity contribution in [3.05, 3.63) is 42.4 Å². The molecule has 0 aliphatic carbocycles. The number of aromatic nitrogens is 2. The highest BCUT2D eigenvalue weighted by molar-refractivity contribution is 5.59. The predicted molar refractivity (Wildman–Crippen MR) is 74.1 cm³/mol. The summed E-state index contributed by atoms with van der Waals surface area (Å²) in [5.41, 5.74) is 2.08. The number of nitrogens with zero attached hydrogens (tertiary/aromatic N) is 3. The maximum absolute atomic E-state index is 4.55. The van der Waals surface area contributed by atoms with Crippen LogP contribution < -0.4 is 0 Å². The number of benzene rings is 1. The molecule has 0 radical (unpaired) electrons. The lowest BCUT2D eigenvalue weighted by Gasteiger charge is -2.00. The van der Waals surface area contributed by atoms with Crippen molar-refractivity contribution >= 4 is 0 Å². The van der Waals surface area contributed by atoms with E-state index in [4.69, 9.17) is 0 Å². The van der Waals surface area contributed by atoms with Gasteiger partial charge in [0.1, 0.15) is 0 Å². The van der Waals surface area contributed by atoms with E-state index in [2.05, 4.69) is 29.0 Å². The zero-order valence-electron chi connectivity index (χ0n) is 11.0. The molecule has 0 N–H and O–H groups in total. The molecule has 1 aromatic heterocycles. The van der Waals surface area contributed by atoms with E-state index in [0.717, 1.165) is 23.6 Å². The Kier molecular flexibility index (Phi) is 3.81. The van der Waals surface area contributed by atoms with Gasteiger partial charge in [0, 0.05) is 18.8 Å². The normalized spacial score (nSPS) is 10.2. The number of rotatable bonds is 2.